The van der Waals surface area contributed by atoms with Gasteiger partial charge < -0.3 is 4.42 Å². The van der Waals surface area contributed by atoms with Crippen molar-refractivity contribution in [3.8, 4) is 11.1 Å². The number of alkyl halides is 3. The van der Waals surface area contributed by atoms with E-state index in [2.05, 4.69) is 61.2 Å². The van der Waals surface area contributed by atoms with E-state index in [0.717, 1.165) is 28.0 Å². The molecule has 0 spiro atoms. The van der Waals surface area contributed by atoms with E-state index in [1.807, 2.05) is 25.1 Å². The first-order valence-electron chi connectivity index (χ1n) is 10.7. The van der Waals surface area contributed by atoms with Crippen molar-refractivity contribution in [2.24, 2.45) is 0 Å². The molecule has 0 bridgehead atoms. The number of rotatable bonds is 1. The molecule has 5 aromatic rings. The molecule has 0 radical (unpaired) electrons. The molecule has 0 saturated heterocycles. The van der Waals surface area contributed by atoms with Gasteiger partial charge in [-0.1, -0.05) is 91.0 Å². The Labute approximate surface area is 207 Å². The van der Waals surface area contributed by atoms with Crippen LogP contribution >= 0.6 is 12.6 Å². The second-order valence-electron chi connectivity index (χ2n) is 7.53. The largest absolute Gasteiger partial charge is 0.423 e. The van der Waals surface area contributed by atoms with Crippen LogP contribution in [0.25, 0.3) is 22.1 Å². The van der Waals surface area contributed by atoms with Gasteiger partial charge >= 0.3 is 11.8 Å². The standard InChI is InChI=1S/C12H10.C10H8O2S.C7H5F3/c1-3-7-11(8-4-1)12-9-5-2-6-10-12;1-6-4-7-2-3-10(11)12-8(7)5-9(6)13;8-7(9,10)6-4-2-1-3-5-6/h1-10H;2-5,13H,1H3;1-5H. The maximum atomic E-state index is 11.8. The summed E-state index contributed by atoms with van der Waals surface area (Å²) in [5.74, 6) is 0. The van der Waals surface area contributed by atoms with Crippen molar-refractivity contribution < 1.29 is 17.6 Å². The summed E-state index contributed by atoms with van der Waals surface area (Å²) in [4.78, 5) is 11.7. The molecule has 5 rings (SSSR count). The molecule has 0 N–H and O–H groups in total. The molecule has 0 amide bonds. The molecular formula is C29H23F3O2S. The van der Waals surface area contributed by atoms with E-state index >= 15 is 0 Å². The molecule has 4 aromatic carbocycles. The summed E-state index contributed by atoms with van der Waals surface area (Å²) < 4.78 is 40.4. The Hall–Kier alpha value is -3.77. The Morgan fingerprint density at radius 2 is 1.17 bits per heavy atom. The monoisotopic (exact) mass is 492 g/mol. The molecule has 178 valence electrons. The molecule has 0 fully saturated rings. The van der Waals surface area contributed by atoms with Crippen molar-refractivity contribution in [1.82, 2.24) is 0 Å². The van der Waals surface area contributed by atoms with Gasteiger partial charge in [-0.15, -0.1) is 12.6 Å². The van der Waals surface area contributed by atoms with Gasteiger partial charge in [-0.2, -0.15) is 13.2 Å². The molecule has 0 aliphatic carbocycles. The van der Waals surface area contributed by atoms with Crippen LogP contribution in [0.1, 0.15) is 11.1 Å². The van der Waals surface area contributed by atoms with E-state index in [-0.39, 0.29) is 5.63 Å². The SMILES string of the molecule is Cc1cc2ccc(=O)oc2cc1S.FC(F)(F)c1ccccc1.c1ccc(-c2ccccc2)cc1. The Kier molecular flexibility index (Phi) is 8.92. The topological polar surface area (TPSA) is 30.2 Å². The number of thiol groups is 1. The van der Waals surface area contributed by atoms with Gasteiger partial charge in [-0.05, 0) is 41.8 Å². The summed E-state index contributed by atoms with van der Waals surface area (Å²) in [6.07, 6.45) is -4.21. The van der Waals surface area contributed by atoms with Crippen molar-refractivity contribution in [3.63, 3.8) is 0 Å². The van der Waals surface area contributed by atoms with Crippen molar-refractivity contribution in [2.45, 2.75) is 18.0 Å². The highest BCUT2D eigenvalue weighted by Gasteiger charge is 2.29. The minimum atomic E-state index is -4.21. The molecule has 1 heterocycles. The molecule has 0 unspecified atom stereocenters. The fourth-order valence-electron chi connectivity index (χ4n) is 3.11. The van der Waals surface area contributed by atoms with Gasteiger partial charge in [-0.3, -0.25) is 0 Å². The smallest absolute Gasteiger partial charge is 0.416 e. The average molecular weight is 493 g/mol. The number of halogens is 3. The zero-order valence-electron chi connectivity index (χ0n) is 18.9. The molecule has 1 aromatic heterocycles. The van der Waals surface area contributed by atoms with Gasteiger partial charge in [0.05, 0.1) is 5.56 Å². The second kappa shape index (κ2) is 12.1. The highest BCUT2D eigenvalue weighted by atomic mass is 32.1. The number of aryl methyl sites for hydroxylation is 1. The molecular weight excluding hydrogens is 469 g/mol. The van der Waals surface area contributed by atoms with E-state index in [9.17, 15) is 18.0 Å². The van der Waals surface area contributed by atoms with Gasteiger partial charge in [0.25, 0.3) is 0 Å². The Bertz CT molecular complexity index is 1360. The Morgan fingerprint density at radius 3 is 1.63 bits per heavy atom. The summed E-state index contributed by atoms with van der Waals surface area (Å²) in [7, 11) is 0. The summed E-state index contributed by atoms with van der Waals surface area (Å²) in [6, 6.07) is 34.0. The predicted molar refractivity (Wildman–Crippen MR) is 138 cm³/mol. The fourth-order valence-corrected chi connectivity index (χ4v) is 3.29. The lowest BCUT2D eigenvalue weighted by atomic mass is 10.1. The first-order chi connectivity index (χ1) is 16.7. The second-order valence-corrected chi connectivity index (χ2v) is 8.01. The van der Waals surface area contributed by atoms with E-state index in [4.69, 9.17) is 4.42 Å². The van der Waals surface area contributed by atoms with E-state index in [1.165, 1.54) is 29.3 Å². The van der Waals surface area contributed by atoms with Crippen LogP contribution in [-0.4, -0.2) is 0 Å². The van der Waals surface area contributed by atoms with Gasteiger partial charge in [0.2, 0.25) is 0 Å². The van der Waals surface area contributed by atoms with Crippen molar-refractivity contribution in [2.75, 3.05) is 0 Å². The molecule has 35 heavy (non-hydrogen) atoms. The molecule has 0 aliphatic heterocycles. The van der Waals surface area contributed by atoms with Gasteiger partial charge in [0.1, 0.15) is 5.58 Å². The Morgan fingerprint density at radius 1 is 0.686 bits per heavy atom. The zero-order valence-corrected chi connectivity index (χ0v) is 19.8. The quantitative estimate of drug-likeness (QED) is 0.188. The molecule has 0 saturated carbocycles. The van der Waals surface area contributed by atoms with Crippen LogP contribution in [0.15, 0.2) is 129 Å². The third-order valence-electron chi connectivity index (χ3n) is 4.92. The number of hydrogen-bond acceptors (Lipinski definition) is 3. The van der Waals surface area contributed by atoms with Crippen LogP contribution in [0.2, 0.25) is 0 Å². The van der Waals surface area contributed by atoms with Crippen molar-refractivity contribution in [1.29, 1.82) is 0 Å². The Balaban J connectivity index is 0.000000148. The molecule has 2 nitrogen and oxygen atoms in total. The highest BCUT2D eigenvalue weighted by Crippen LogP contribution is 2.28. The van der Waals surface area contributed by atoms with Crippen molar-refractivity contribution in [3.05, 3.63) is 137 Å². The minimum Gasteiger partial charge on any atom is -0.423 e. The molecule has 0 atom stereocenters. The highest BCUT2D eigenvalue weighted by molar-refractivity contribution is 7.80. The van der Waals surface area contributed by atoms with Crippen LogP contribution in [0.5, 0.6) is 0 Å². The molecule has 6 heteroatoms. The lowest BCUT2D eigenvalue weighted by Gasteiger charge is -2.03. The normalized spacial score (nSPS) is 10.5. The number of hydrogen-bond donors (Lipinski definition) is 1. The number of fused-ring (bicyclic) bond motifs is 1. The van der Waals surface area contributed by atoms with Crippen molar-refractivity contribution >= 4 is 23.6 Å². The third-order valence-corrected chi connectivity index (χ3v) is 5.40. The first-order valence-corrected chi connectivity index (χ1v) is 11.1. The summed E-state index contributed by atoms with van der Waals surface area (Å²) >= 11 is 4.25. The van der Waals surface area contributed by atoms with Crippen LogP contribution in [0, 0.1) is 6.92 Å². The van der Waals surface area contributed by atoms with Gasteiger partial charge in [0.15, 0.2) is 0 Å². The van der Waals surface area contributed by atoms with E-state index in [0.29, 0.717) is 5.58 Å². The van der Waals surface area contributed by atoms with Crippen LogP contribution in [-0.2, 0) is 6.18 Å². The average Bonchev–Trinajstić information content (AvgIpc) is 2.87. The first kappa shape index (κ1) is 25.8. The maximum Gasteiger partial charge on any atom is 0.416 e. The van der Waals surface area contributed by atoms with Crippen LogP contribution in [0.3, 0.4) is 0 Å². The zero-order chi connectivity index (χ0) is 25.3. The molecule has 0 aliphatic rings. The third kappa shape index (κ3) is 7.90. The van der Waals surface area contributed by atoms with Gasteiger partial charge in [-0.25, -0.2) is 4.79 Å². The number of benzene rings is 4. The lowest BCUT2D eigenvalue weighted by Crippen LogP contribution is -2.03. The maximum absolute atomic E-state index is 11.8. The summed E-state index contributed by atoms with van der Waals surface area (Å²) in [5, 5.41) is 0.926. The van der Waals surface area contributed by atoms with E-state index in [1.54, 1.807) is 18.2 Å². The van der Waals surface area contributed by atoms with Crippen LogP contribution < -0.4 is 5.63 Å². The van der Waals surface area contributed by atoms with E-state index < -0.39 is 11.7 Å². The summed E-state index contributed by atoms with van der Waals surface area (Å²) in [5.41, 5.74) is 3.28. The minimum absolute atomic E-state index is 0.330. The lowest BCUT2D eigenvalue weighted by molar-refractivity contribution is -0.137. The summed E-state index contributed by atoms with van der Waals surface area (Å²) in [6.45, 7) is 1.97. The fraction of sp³-hybridized carbons (Fsp3) is 0.0690. The predicted octanol–water partition coefficient (Wildman–Crippen LogP) is 8.45. The van der Waals surface area contributed by atoms with Crippen LogP contribution in [0.4, 0.5) is 13.2 Å². The van der Waals surface area contributed by atoms with Gasteiger partial charge in [0, 0.05) is 16.3 Å².